The zero-order valence-corrected chi connectivity index (χ0v) is 12.5. The maximum absolute atomic E-state index is 12.0. The Morgan fingerprint density at radius 1 is 1.32 bits per heavy atom. The summed E-state index contributed by atoms with van der Waals surface area (Å²) in [4.78, 5) is 12.0. The maximum atomic E-state index is 12.0. The predicted octanol–water partition coefficient (Wildman–Crippen LogP) is 2.07. The highest BCUT2D eigenvalue weighted by atomic mass is 16.5. The minimum absolute atomic E-state index is 0.0421. The van der Waals surface area contributed by atoms with Crippen LogP contribution in [0.1, 0.15) is 50.6 Å². The van der Waals surface area contributed by atoms with Gasteiger partial charge in [0, 0.05) is 18.2 Å². The van der Waals surface area contributed by atoms with Crippen LogP contribution in [0.2, 0.25) is 0 Å². The van der Waals surface area contributed by atoms with E-state index in [4.69, 9.17) is 4.52 Å². The summed E-state index contributed by atoms with van der Waals surface area (Å²) in [6.45, 7) is 10.4. The largest absolute Gasteiger partial charge is 0.361 e. The molecular weight excluding hydrogens is 242 g/mol. The van der Waals surface area contributed by atoms with Crippen LogP contribution in [0.5, 0.6) is 0 Å². The molecule has 0 spiro atoms. The highest BCUT2D eigenvalue weighted by Crippen LogP contribution is 2.11. The second-order valence-electron chi connectivity index (χ2n) is 4.93. The van der Waals surface area contributed by atoms with Crippen LogP contribution >= 0.6 is 0 Å². The van der Waals surface area contributed by atoms with Gasteiger partial charge in [0.15, 0.2) is 0 Å². The van der Waals surface area contributed by atoms with Crippen molar-refractivity contribution in [1.82, 2.24) is 15.8 Å². The lowest BCUT2D eigenvalue weighted by molar-refractivity contribution is -0.123. The van der Waals surface area contributed by atoms with Gasteiger partial charge >= 0.3 is 0 Å². The molecule has 5 heteroatoms. The lowest BCUT2D eigenvalue weighted by Gasteiger charge is -2.19. The molecule has 1 aromatic heterocycles. The summed E-state index contributed by atoms with van der Waals surface area (Å²) in [5.74, 6) is 0.845. The van der Waals surface area contributed by atoms with Gasteiger partial charge in [0.2, 0.25) is 5.91 Å². The van der Waals surface area contributed by atoms with Gasteiger partial charge in [0.25, 0.3) is 0 Å². The molecule has 1 amide bonds. The zero-order valence-electron chi connectivity index (χ0n) is 12.5. The van der Waals surface area contributed by atoms with Crippen LogP contribution in [0, 0.1) is 13.8 Å². The third kappa shape index (κ3) is 4.35. The van der Waals surface area contributed by atoms with Crippen LogP contribution in [0.15, 0.2) is 4.52 Å². The Hall–Kier alpha value is -1.36. The number of aryl methyl sites for hydroxylation is 2. The lowest BCUT2D eigenvalue weighted by Crippen LogP contribution is -2.45. The van der Waals surface area contributed by atoms with E-state index in [9.17, 15) is 4.79 Å². The van der Waals surface area contributed by atoms with Crippen molar-refractivity contribution in [2.24, 2.45) is 0 Å². The number of aromatic nitrogens is 1. The number of amides is 1. The van der Waals surface area contributed by atoms with E-state index in [1.807, 2.05) is 20.8 Å². The molecule has 1 heterocycles. The van der Waals surface area contributed by atoms with Crippen LogP contribution in [0.3, 0.4) is 0 Å². The number of hydrogen-bond acceptors (Lipinski definition) is 4. The standard InChI is InChI=1S/C14H25N3O2/c1-6-12(7-2)16-14(18)10(4)15-8-13-9(3)17-19-11(13)5/h10,12,15H,6-8H2,1-5H3,(H,16,18). The smallest absolute Gasteiger partial charge is 0.237 e. The van der Waals surface area contributed by atoms with E-state index in [2.05, 4.69) is 29.6 Å². The first kappa shape index (κ1) is 15.7. The Morgan fingerprint density at radius 3 is 2.42 bits per heavy atom. The maximum Gasteiger partial charge on any atom is 0.237 e. The first-order chi connectivity index (χ1) is 8.99. The van der Waals surface area contributed by atoms with Gasteiger partial charge in [-0.3, -0.25) is 4.79 Å². The number of nitrogens with one attached hydrogen (secondary N) is 2. The normalized spacial score (nSPS) is 12.7. The van der Waals surface area contributed by atoms with Gasteiger partial charge < -0.3 is 15.2 Å². The third-order valence-electron chi connectivity index (χ3n) is 3.49. The van der Waals surface area contributed by atoms with E-state index in [1.165, 1.54) is 0 Å². The highest BCUT2D eigenvalue weighted by Gasteiger charge is 2.17. The second-order valence-corrected chi connectivity index (χ2v) is 4.93. The van der Waals surface area contributed by atoms with Gasteiger partial charge in [-0.1, -0.05) is 19.0 Å². The second kappa shape index (κ2) is 7.28. The Morgan fingerprint density at radius 2 is 1.95 bits per heavy atom. The van der Waals surface area contributed by atoms with E-state index >= 15 is 0 Å². The first-order valence-corrected chi connectivity index (χ1v) is 6.95. The monoisotopic (exact) mass is 267 g/mol. The van der Waals surface area contributed by atoms with Crippen LogP contribution < -0.4 is 10.6 Å². The molecule has 5 nitrogen and oxygen atoms in total. The predicted molar refractivity (Wildman–Crippen MR) is 74.8 cm³/mol. The van der Waals surface area contributed by atoms with Crippen LogP contribution in [-0.2, 0) is 11.3 Å². The molecule has 0 saturated heterocycles. The number of nitrogens with zero attached hydrogens (tertiary/aromatic N) is 1. The minimum Gasteiger partial charge on any atom is -0.361 e. The molecular formula is C14H25N3O2. The number of carbonyl (C=O) groups excluding carboxylic acids is 1. The first-order valence-electron chi connectivity index (χ1n) is 6.95. The molecule has 0 radical (unpaired) electrons. The van der Waals surface area contributed by atoms with E-state index in [0.717, 1.165) is 29.9 Å². The summed E-state index contributed by atoms with van der Waals surface area (Å²) in [5, 5.41) is 10.1. The van der Waals surface area contributed by atoms with Gasteiger partial charge in [-0.05, 0) is 33.6 Å². The molecule has 0 saturated carbocycles. The third-order valence-corrected chi connectivity index (χ3v) is 3.49. The molecule has 0 aliphatic rings. The molecule has 1 unspecified atom stereocenters. The molecule has 2 N–H and O–H groups in total. The molecule has 0 aliphatic heterocycles. The van der Waals surface area contributed by atoms with Gasteiger partial charge in [-0.2, -0.15) is 0 Å². The van der Waals surface area contributed by atoms with Crippen molar-refractivity contribution in [2.75, 3.05) is 0 Å². The van der Waals surface area contributed by atoms with Crippen molar-refractivity contribution >= 4 is 5.91 Å². The van der Waals surface area contributed by atoms with Crippen molar-refractivity contribution in [1.29, 1.82) is 0 Å². The zero-order chi connectivity index (χ0) is 14.4. The molecule has 0 aliphatic carbocycles. The Kier molecular flexibility index (Phi) is 6.02. The van der Waals surface area contributed by atoms with E-state index in [0.29, 0.717) is 6.54 Å². The van der Waals surface area contributed by atoms with Gasteiger partial charge in [-0.25, -0.2) is 0 Å². The summed E-state index contributed by atoms with van der Waals surface area (Å²) < 4.78 is 5.10. The summed E-state index contributed by atoms with van der Waals surface area (Å²) in [5.41, 5.74) is 1.90. The van der Waals surface area contributed by atoms with Crippen molar-refractivity contribution in [3.63, 3.8) is 0 Å². The molecule has 0 fully saturated rings. The fourth-order valence-corrected chi connectivity index (χ4v) is 1.92. The Balaban J connectivity index is 2.47. The highest BCUT2D eigenvalue weighted by molar-refractivity contribution is 5.81. The molecule has 0 bridgehead atoms. The van der Waals surface area contributed by atoms with Gasteiger partial charge in [-0.15, -0.1) is 0 Å². The number of rotatable bonds is 7. The minimum atomic E-state index is -0.228. The van der Waals surface area contributed by atoms with Gasteiger partial charge in [0.05, 0.1) is 11.7 Å². The summed E-state index contributed by atoms with van der Waals surface area (Å²) in [6, 6.07) is 0.0325. The fourth-order valence-electron chi connectivity index (χ4n) is 1.92. The average molecular weight is 267 g/mol. The van der Waals surface area contributed by atoms with Crippen LogP contribution in [0.4, 0.5) is 0 Å². The van der Waals surface area contributed by atoms with Crippen LogP contribution in [0.25, 0.3) is 0 Å². The number of carbonyl (C=O) groups is 1. The van der Waals surface area contributed by atoms with Crippen molar-refractivity contribution in [3.05, 3.63) is 17.0 Å². The Labute approximate surface area is 115 Å². The molecule has 108 valence electrons. The Bertz CT molecular complexity index is 391. The number of hydrogen-bond donors (Lipinski definition) is 2. The molecule has 0 aromatic carbocycles. The molecule has 1 atom stereocenters. The summed E-state index contributed by atoms with van der Waals surface area (Å²) in [7, 11) is 0. The van der Waals surface area contributed by atoms with Crippen LogP contribution in [-0.4, -0.2) is 23.1 Å². The van der Waals surface area contributed by atoms with E-state index < -0.39 is 0 Å². The average Bonchev–Trinajstić information content (AvgIpc) is 2.72. The molecule has 1 rings (SSSR count). The van der Waals surface area contributed by atoms with E-state index in [1.54, 1.807) is 0 Å². The topological polar surface area (TPSA) is 67.2 Å². The van der Waals surface area contributed by atoms with Crippen molar-refractivity contribution < 1.29 is 9.32 Å². The summed E-state index contributed by atoms with van der Waals surface area (Å²) >= 11 is 0. The SMILES string of the molecule is CCC(CC)NC(=O)C(C)NCc1c(C)noc1C. The fraction of sp³-hybridized carbons (Fsp3) is 0.714. The lowest BCUT2D eigenvalue weighted by atomic mass is 10.1. The molecule has 19 heavy (non-hydrogen) atoms. The summed E-state index contributed by atoms with van der Waals surface area (Å²) in [6.07, 6.45) is 1.91. The molecule has 1 aromatic rings. The van der Waals surface area contributed by atoms with Crippen molar-refractivity contribution in [3.8, 4) is 0 Å². The van der Waals surface area contributed by atoms with Gasteiger partial charge in [0.1, 0.15) is 5.76 Å². The van der Waals surface area contributed by atoms with Crippen molar-refractivity contribution in [2.45, 2.75) is 66.1 Å². The van der Waals surface area contributed by atoms with E-state index in [-0.39, 0.29) is 18.0 Å². The quantitative estimate of drug-likeness (QED) is 0.793.